The van der Waals surface area contributed by atoms with Gasteiger partial charge < -0.3 is 10.4 Å². The Kier molecular flexibility index (Phi) is 2.09. The van der Waals surface area contributed by atoms with Crippen LogP contribution in [-0.2, 0) is 0 Å². The molecule has 0 aliphatic heterocycles. The second kappa shape index (κ2) is 3.26. The number of rotatable bonds is 2. The van der Waals surface area contributed by atoms with Crippen molar-refractivity contribution in [3.05, 3.63) is 23.2 Å². The number of aromatic nitrogens is 1. The van der Waals surface area contributed by atoms with Crippen LogP contribution >= 0.6 is 11.3 Å². The monoisotopic (exact) mass is 208 g/mol. The average molecular weight is 208 g/mol. The highest BCUT2D eigenvalue weighted by Gasteiger charge is 2.13. The lowest BCUT2D eigenvalue weighted by Gasteiger charge is -2.05. The minimum absolute atomic E-state index is 0.207. The number of hydrogen-bond acceptors (Lipinski definition) is 4. The van der Waals surface area contributed by atoms with E-state index in [4.69, 9.17) is 5.11 Å². The number of nitrogens with one attached hydrogen (secondary N) is 1. The van der Waals surface area contributed by atoms with Crippen molar-refractivity contribution in [2.45, 2.75) is 0 Å². The van der Waals surface area contributed by atoms with Gasteiger partial charge in [0, 0.05) is 18.6 Å². The standard InChI is InChI=1S/C9H8N2O2S/c1-10-7-5-2-3-14-8(5)11-4-6(7)9(12)13/h2-4H,1H3,(H,10,11)(H,12,13). The first-order valence-corrected chi connectivity index (χ1v) is 4.89. The van der Waals surface area contributed by atoms with E-state index in [0.29, 0.717) is 5.69 Å². The van der Waals surface area contributed by atoms with Crippen LogP contribution in [0.2, 0.25) is 0 Å². The van der Waals surface area contributed by atoms with Gasteiger partial charge in [-0.15, -0.1) is 11.3 Å². The SMILES string of the molecule is CNc1c(C(=O)O)cnc2sccc12. The summed E-state index contributed by atoms with van der Waals surface area (Å²) in [7, 11) is 1.71. The molecule has 0 saturated carbocycles. The molecule has 0 fully saturated rings. The third-order valence-corrected chi connectivity index (χ3v) is 2.80. The van der Waals surface area contributed by atoms with Crippen molar-refractivity contribution in [1.82, 2.24) is 4.98 Å². The van der Waals surface area contributed by atoms with Crippen LogP contribution in [0.4, 0.5) is 5.69 Å². The van der Waals surface area contributed by atoms with Gasteiger partial charge >= 0.3 is 5.97 Å². The summed E-state index contributed by atoms with van der Waals surface area (Å²) < 4.78 is 0. The summed E-state index contributed by atoms with van der Waals surface area (Å²) in [5.74, 6) is -0.963. The van der Waals surface area contributed by atoms with Crippen LogP contribution in [0.1, 0.15) is 10.4 Å². The molecule has 0 unspecified atom stereocenters. The summed E-state index contributed by atoms with van der Waals surface area (Å²) in [6, 6.07) is 1.87. The van der Waals surface area contributed by atoms with Gasteiger partial charge in [0.05, 0.1) is 5.69 Å². The van der Waals surface area contributed by atoms with Crippen molar-refractivity contribution >= 4 is 33.2 Å². The molecule has 4 nitrogen and oxygen atoms in total. The van der Waals surface area contributed by atoms with Gasteiger partial charge in [-0.05, 0) is 11.4 Å². The quantitative estimate of drug-likeness (QED) is 0.792. The average Bonchev–Trinajstić information content (AvgIpc) is 2.63. The molecule has 0 aliphatic carbocycles. The molecule has 0 bridgehead atoms. The molecule has 14 heavy (non-hydrogen) atoms. The van der Waals surface area contributed by atoms with Crippen molar-refractivity contribution in [2.75, 3.05) is 12.4 Å². The zero-order valence-corrected chi connectivity index (χ0v) is 8.26. The minimum atomic E-state index is -0.963. The van der Waals surface area contributed by atoms with Crippen LogP contribution in [0.25, 0.3) is 10.2 Å². The topological polar surface area (TPSA) is 62.2 Å². The van der Waals surface area contributed by atoms with E-state index in [1.165, 1.54) is 17.5 Å². The highest BCUT2D eigenvalue weighted by molar-refractivity contribution is 7.16. The van der Waals surface area contributed by atoms with Gasteiger partial charge in [-0.1, -0.05) is 0 Å². The van der Waals surface area contributed by atoms with Crippen LogP contribution in [0.3, 0.4) is 0 Å². The molecule has 2 aromatic heterocycles. The van der Waals surface area contributed by atoms with Crippen molar-refractivity contribution in [1.29, 1.82) is 0 Å². The molecule has 0 saturated heterocycles. The fraction of sp³-hybridized carbons (Fsp3) is 0.111. The number of pyridine rings is 1. The first-order chi connectivity index (χ1) is 6.74. The fourth-order valence-corrected chi connectivity index (χ4v) is 2.10. The second-order valence-corrected chi connectivity index (χ2v) is 3.64. The van der Waals surface area contributed by atoms with Gasteiger partial charge in [-0.2, -0.15) is 0 Å². The number of thiophene rings is 1. The lowest BCUT2D eigenvalue weighted by Crippen LogP contribution is -2.03. The second-order valence-electron chi connectivity index (χ2n) is 2.74. The molecule has 2 heterocycles. The number of aromatic carboxylic acids is 1. The Balaban J connectivity index is 2.78. The number of anilines is 1. The Morgan fingerprint density at radius 2 is 2.43 bits per heavy atom. The highest BCUT2D eigenvalue weighted by atomic mass is 32.1. The highest BCUT2D eigenvalue weighted by Crippen LogP contribution is 2.28. The lowest BCUT2D eigenvalue weighted by molar-refractivity contribution is 0.0697. The van der Waals surface area contributed by atoms with Gasteiger partial charge in [-0.3, -0.25) is 0 Å². The van der Waals surface area contributed by atoms with E-state index >= 15 is 0 Å². The number of nitrogens with zero attached hydrogens (tertiary/aromatic N) is 1. The summed E-state index contributed by atoms with van der Waals surface area (Å²) in [6.07, 6.45) is 1.38. The van der Waals surface area contributed by atoms with E-state index in [2.05, 4.69) is 10.3 Å². The summed E-state index contributed by atoms with van der Waals surface area (Å²) in [5, 5.41) is 14.6. The zero-order valence-electron chi connectivity index (χ0n) is 7.44. The predicted molar refractivity (Wildman–Crippen MR) is 56.1 cm³/mol. The maximum atomic E-state index is 10.9. The molecule has 0 spiro atoms. The molecule has 0 atom stereocenters. The molecule has 0 amide bonds. The third-order valence-electron chi connectivity index (χ3n) is 1.97. The molecular formula is C9H8N2O2S. The van der Waals surface area contributed by atoms with E-state index < -0.39 is 5.97 Å². The Morgan fingerprint density at radius 1 is 1.64 bits per heavy atom. The normalized spacial score (nSPS) is 10.4. The molecular weight excluding hydrogens is 200 g/mol. The number of carboxylic acids is 1. The number of fused-ring (bicyclic) bond motifs is 1. The Bertz CT molecular complexity index is 493. The van der Waals surface area contributed by atoms with Crippen molar-refractivity contribution in [3.8, 4) is 0 Å². The Morgan fingerprint density at radius 3 is 3.07 bits per heavy atom. The van der Waals surface area contributed by atoms with E-state index in [0.717, 1.165) is 10.2 Å². The largest absolute Gasteiger partial charge is 0.478 e. The van der Waals surface area contributed by atoms with E-state index in [1.54, 1.807) is 7.05 Å². The van der Waals surface area contributed by atoms with Crippen molar-refractivity contribution in [2.24, 2.45) is 0 Å². The van der Waals surface area contributed by atoms with Crippen LogP contribution in [0, 0.1) is 0 Å². The molecule has 0 radical (unpaired) electrons. The van der Waals surface area contributed by atoms with Crippen LogP contribution < -0.4 is 5.32 Å². The van der Waals surface area contributed by atoms with E-state index in [1.807, 2.05) is 11.4 Å². The van der Waals surface area contributed by atoms with Crippen LogP contribution in [-0.4, -0.2) is 23.1 Å². The number of carbonyl (C=O) groups is 1. The Labute approximate surface area is 84.2 Å². The maximum Gasteiger partial charge on any atom is 0.339 e. The van der Waals surface area contributed by atoms with Crippen LogP contribution in [0.15, 0.2) is 17.6 Å². The zero-order chi connectivity index (χ0) is 10.1. The molecule has 5 heteroatoms. The van der Waals surface area contributed by atoms with Crippen molar-refractivity contribution < 1.29 is 9.90 Å². The van der Waals surface area contributed by atoms with Gasteiger partial charge in [0.1, 0.15) is 10.4 Å². The number of hydrogen-bond donors (Lipinski definition) is 2. The van der Waals surface area contributed by atoms with E-state index in [9.17, 15) is 4.79 Å². The van der Waals surface area contributed by atoms with Gasteiger partial charge in [0.15, 0.2) is 0 Å². The molecule has 2 rings (SSSR count). The number of carboxylic acid groups (broad SMARTS) is 1. The Hall–Kier alpha value is -1.62. The summed E-state index contributed by atoms with van der Waals surface area (Å²) >= 11 is 1.49. The first-order valence-electron chi connectivity index (χ1n) is 4.01. The van der Waals surface area contributed by atoms with Crippen molar-refractivity contribution in [3.63, 3.8) is 0 Å². The minimum Gasteiger partial charge on any atom is -0.478 e. The molecule has 2 aromatic rings. The molecule has 0 aliphatic rings. The lowest BCUT2D eigenvalue weighted by atomic mass is 10.2. The summed E-state index contributed by atoms with van der Waals surface area (Å²) in [4.78, 5) is 15.8. The smallest absolute Gasteiger partial charge is 0.339 e. The molecule has 72 valence electrons. The predicted octanol–water partition coefficient (Wildman–Crippen LogP) is 2.04. The summed E-state index contributed by atoms with van der Waals surface area (Å²) in [5.41, 5.74) is 0.835. The summed E-state index contributed by atoms with van der Waals surface area (Å²) in [6.45, 7) is 0. The van der Waals surface area contributed by atoms with Gasteiger partial charge in [-0.25, -0.2) is 9.78 Å². The third kappa shape index (κ3) is 1.22. The first kappa shape index (κ1) is 8.96. The molecule has 2 N–H and O–H groups in total. The fourth-order valence-electron chi connectivity index (χ4n) is 1.36. The van der Waals surface area contributed by atoms with Crippen LogP contribution in [0.5, 0.6) is 0 Å². The van der Waals surface area contributed by atoms with Gasteiger partial charge in [0.2, 0.25) is 0 Å². The molecule has 0 aromatic carbocycles. The van der Waals surface area contributed by atoms with E-state index in [-0.39, 0.29) is 5.56 Å². The van der Waals surface area contributed by atoms with Gasteiger partial charge in [0.25, 0.3) is 0 Å². The maximum absolute atomic E-state index is 10.9.